The number of hydrogen-bond donors (Lipinski definition) is 1. The largest absolute Gasteiger partial charge is 0.352 e. The minimum Gasteiger partial charge on any atom is -0.352 e. The van der Waals surface area contributed by atoms with E-state index in [1.165, 1.54) is 6.42 Å². The summed E-state index contributed by atoms with van der Waals surface area (Å²) in [6, 6.07) is 14.4. The highest BCUT2D eigenvalue weighted by Crippen LogP contribution is 2.20. The SMILES string of the molecule is CC[C@H](C(=O)NC1CCCCC1)N(Cc1ccc(Cl)cc1)C(=O)Cc1cccc(Cl)c1. The summed E-state index contributed by atoms with van der Waals surface area (Å²) in [6.45, 7) is 2.31. The highest BCUT2D eigenvalue weighted by molar-refractivity contribution is 6.30. The number of carbonyl (C=O) groups excluding carboxylic acids is 2. The molecular formula is C25H30Cl2N2O2. The molecule has 6 heteroatoms. The van der Waals surface area contributed by atoms with Crippen LogP contribution in [0.1, 0.15) is 56.6 Å². The summed E-state index contributed by atoms with van der Waals surface area (Å²) in [4.78, 5) is 28.3. The topological polar surface area (TPSA) is 49.4 Å². The second kappa shape index (κ2) is 11.5. The van der Waals surface area contributed by atoms with Crippen molar-refractivity contribution in [2.24, 2.45) is 0 Å². The van der Waals surface area contributed by atoms with Crippen molar-refractivity contribution in [2.75, 3.05) is 0 Å². The van der Waals surface area contributed by atoms with Crippen molar-refractivity contribution >= 4 is 35.0 Å². The van der Waals surface area contributed by atoms with E-state index in [9.17, 15) is 9.59 Å². The van der Waals surface area contributed by atoms with Crippen molar-refractivity contribution in [3.63, 3.8) is 0 Å². The monoisotopic (exact) mass is 460 g/mol. The van der Waals surface area contributed by atoms with Crippen molar-refractivity contribution in [2.45, 2.75) is 70.5 Å². The first-order chi connectivity index (χ1) is 15.0. The summed E-state index contributed by atoms with van der Waals surface area (Å²) < 4.78 is 0. The van der Waals surface area contributed by atoms with E-state index >= 15 is 0 Å². The van der Waals surface area contributed by atoms with Crippen LogP contribution in [0.2, 0.25) is 10.0 Å². The zero-order valence-electron chi connectivity index (χ0n) is 17.9. The van der Waals surface area contributed by atoms with Gasteiger partial charge in [-0.05, 0) is 54.7 Å². The molecule has 1 N–H and O–H groups in total. The maximum atomic E-state index is 13.4. The lowest BCUT2D eigenvalue weighted by atomic mass is 9.95. The molecule has 0 unspecified atom stereocenters. The molecule has 1 aliphatic rings. The fourth-order valence-corrected chi connectivity index (χ4v) is 4.51. The van der Waals surface area contributed by atoms with Gasteiger partial charge < -0.3 is 10.2 Å². The average Bonchev–Trinajstić information content (AvgIpc) is 2.75. The molecule has 1 fully saturated rings. The van der Waals surface area contributed by atoms with E-state index in [1.54, 1.807) is 29.2 Å². The zero-order chi connectivity index (χ0) is 22.2. The lowest BCUT2D eigenvalue weighted by molar-refractivity contribution is -0.141. The first-order valence-corrected chi connectivity index (χ1v) is 11.8. The van der Waals surface area contributed by atoms with Crippen LogP contribution in [-0.4, -0.2) is 28.8 Å². The number of benzene rings is 2. The minimum absolute atomic E-state index is 0.0668. The Morgan fingerprint density at radius 2 is 1.71 bits per heavy atom. The fourth-order valence-electron chi connectivity index (χ4n) is 4.17. The van der Waals surface area contributed by atoms with Crippen LogP contribution >= 0.6 is 23.2 Å². The number of hydrogen-bond acceptors (Lipinski definition) is 2. The van der Waals surface area contributed by atoms with Gasteiger partial charge in [0.25, 0.3) is 0 Å². The van der Waals surface area contributed by atoms with Crippen molar-refractivity contribution in [1.82, 2.24) is 10.2 Å². The van der Waals surface area contributed by atoms with Gasteiger partial charge in [0.15, 0.2) is 0 Å². The van der Waals surface area contributed by atoms with Gasteiger partial charge in [-0.1, -0.05) is 73.7 Å². The summed E-state index contributed by atoms with van der Waals surface area (Å²) >= 11 is 12.1. The third kappa shape index (κ3) is 6.98. The smallest absolute Gasteiger partial charge is 0.243 e. The quantitative estimate of drug-likeness (QED) is 0.541. The van der Waals surface area contributed by atoms with Gasteiger partial charge >= 0.3 is 0 Å². The minimum atomic E-state index is -0.524. The molecule has 2 aromatic rings. The molecular weight excluding hydrogens is 431 g/mol. The first-order valence-electron chi connectivity index (χ1n) is 11.0. The van der Waals surface area contributed by atoms with Crippen LogP contribution in [0.15, 0.2) is 48.5 Å². The number of halogens is 2. The van der Waals surface area contributed by atoms with Crippen LogP contribution in [0.5, 0.6) is 0 Å². The Kier molecular flexibility index (Phi) is 8.79. The molecule has 3 rings (SSSR count). The fraction of sp³-hybridized carbons (Fsp3) is 0.440. The van der Waals surface area contributed by atoms with Crippen LogP contribution < -0.4 is 5.32 Å². The molecule has 0 bridgehead atoms. The average molecular weight is 461 g/mol. The van der Waals surface area contributed by atoms with Crippen molar-refractivity contribution in [1.29, 1.82) is 0 Å². The van der Waals surface area contributed by atoms with E-state index in [2.05, 4.69) is 5.32 Å². The van der Waals surface area contributed by atoms with E-state index in [1.807, 2.05) is 31.2 Å². The van der Waals surface area contributed by atoms with Gasteiger partial charge in [0, 0.05) is 22.6 Å². The summed E-state index contributed by atoms with van der Waals surface area (Å²) in [5, 5.41) is 4.43. The van der Waals surface area contributed by atoms with Crippen molar-refractivity contribution in [3.8, 4) is 0 Å². The summed E-state index contributed by atoms with van der Waals surface area (Å²) in [5.74, 6) is -0.161. The maximum absolute atomic E-state index is 13.4. The Balaban J connectivity index is 1.80. The van der Waals surface area contributed by atoms with Gasteiger partial charge in [-0.25, -0.2) is 0 Å². The molecule has 166 valence electrons. The highest BCUT2D eigenvalue weighted by Gasteiger charge is 2.30. The van der Waals surface area contributed by atoms with Gasteiger partial charge in [0.1, 0.15) is 6.04 Å². The normalized spacial score (nSPS) is 15.3. The molecule has 0 heterocycles. The molecule has 1 aliphatic carbocycles. The molecule has 1 saturated carbocycles. The molecule has 0 aliphatic heterocycles. The summed E-state index contributed by atoms with van der Waals surface area (Å²) in [6.07, 6.45) is 6.28. The van der Waals surface area contributed by atoms with E-state index < -0.39 is 6.04 Å². The number of nitrogens with zero attached hydrogens (tertiary/aromatic N) is 1. The Bertz CT molecular complexity index is 879. The lowest BCUT2D eigenvalue weighted by Crippen LogP contribution is -2.51. The third-order valence-corrected chi connectivity index (χ3v) is 6.34. The summed E-state index contributed by atoms with van der Waals surface area (Å²) in [5.41, 5.74) is 1.77. The van der Waals surface area contributed by atoms with Gasteiger partial charge in [-0.15, -0.1) is 0 Å². The van der Waals surface area contributed by atoms with Crippen LogP contribution in [-0.2, 0) is 22.6 Å². The second-order valence-corrected chi connectivity index (χ2v) is 9.10. The standard InChI is InChI=1S/C25H30Cl2N2O2/c1-2-23(25(31)28-22-9-4-3-5-10-22)29(17-18-11-13-20(26)14-12-18)24(30)16-19-7-6-8-21(27)15-19/h6-8,11-15,22-23H,2-5,9-10,16-17H2,1H3,(H,28,31)/t23-/m1/s1. The van der Waals surface area contributed by atoms with Crippen LogP contribution in [0.3, 0.4) is 0 Å². The zero-order valence-corrected chi connectivity index (χ0v) is 19.5. The van der Waals surface area contributed by atoms with Crippen LogP contribution in [0, 0.1) is 0 Å². The molecule has 2 aromatic carbocycles. The lowest BCUT2D eigenvalue weighted by Gasteiger charge is -2.33. The number of carbonyl (C=O) groups is 2. The molecule has 0 radical (unpaired) electrons. The van der Waals surface area contributed by atoms with Gasteiger partial charge in [0.05, 0.1) is 6.42 Å². The number of amides is 2. The molecule has 0 saturated heterocycles. The molecule has 4 nitrogen and oxygen atoms in total. The van der Waals surface area contributed by atoms with E-state index in [0.717, 1.165) is 36.8 Å². The van der Waals surface area contributed by atoms with E-state index in [0.29, 0.717) is 23.0 Å². The highest BCUT2D eigenvalue weighted by atomic mass is 35.5. The Morgan fingerprint density at radius 1 is 1.00 bits per heavy atom. The number of rotatable bonds is 8. The Hall–Kier alpha value is -2.04. The Labute approximate surface area is 194 Å². The van der Waals surface area contributed by atoms with Crippen LogP contribution in [0.25, 0.3) is 0 Å². The van der Waals surface area contributed by atoms with Crippen molar-refractivity contribution in [3.05, 3.63) is 69.7 Å². The van der Waals surface area contributed by atoms with Gasteiger partial charge in [-0.2, -0.15) is 0 Å². The summed E-state index contributed by atoms with van der Waals surface area (Å²) in [7, 11) is 0. The molecule has 2 amide bonds. The van der Waals surface area contributed by atoms with E-state index in [-0.39, 0.29) is 24.3 Å². The van der Waals surface area contributed by atoms with E-state index in [4.69, 9.17) is 23.2 Å². The molecule has 31 heavy (non-hydrogen) atoms. The van der Waals surface area contributed by atoms with Gasteiger partial charge in [-0.3, -0.25) is 9.59 Å². The molecule has 1 atom stereocenters. The Morgan fingerprint density at radius 3 is 2.35 bits per heavy atom. The molecule has 0 aromatic heterocycles. The first kappa shape index (κ1) is 23.6. The molecule has 0 spiro atoms. The number of nitrogens with one attached hydrogen (secondary N) is 1. The third-order valence-electron chi connectivity index (χ3n) is 5.85. The van der Waals surface area contributed by atoms with Crippen molar-refractivity contribution < 1.29 is 9.59 Å². The van der Waals surface area contributed by atoms with Crippen LogP contribution in [0.4, 0.5) is 0 Å². The second-order valence-electron chi connectivity index (χ2n) is 8.22. The predicted molar refractivity (Wildman–Crippen MR) is 126 cm³/mol. The maximum Gasteiger partial charge on any atom is 0.243 e. The predicted octanol–water partition coefficient (Wildman–Crippen LogP) is 5.79. The van der Waals surface area contributed by atoms with Gasteiger partial charge in [0.2, 0.25) is 11.8 Å².